The van der Waals surface area contributed by atoms with Crippen LogP contribution in [0.1, 0.15) is 10.4 Å². The largest absolute Gasteiger partial charge is 0.492 e. The molecule has 1 aromatic carbocycles. The molecule has 1 heterocycles. The Morgan fingerprint density at radius 1 is 1.30 bits per heavy atom. The van der Waals surface area contributed by atoms with Crippen LogP contribution in [0.25, 0.3) is 0 Å². The Hall–Kier alpha value is -2.63. The minimum atomic E-state index is -1.33. The Balaban J connectivity index is 1.88. The Morgan fingerprint density at radius 2 is 2.05 bits per heavy atom. The van der Waals surface area contributed by atoms with E-state index in [4.69, 9.17) is 9.84 Å². The predicted molar refractivity (Wildman–Crippen MR) is 71.6 cm³/mol. The SMILES string of the molecule is O=C(O)c1ccnc(NCCOc2ccccc2)c1F. The Morgan fingerprint density at radius 3 is 2.75 bits per heavy atom. The number of ether oxygens (including phenoxy) is 1. The first kappa shape index (κ1) is 13.8. The molecule has 0 aliphatic carbocycles. The van der Waals surface area contributed by atoms with Gasteiger partial charge in [0.05, 0.1) is 6.54 Å². The highest BCUT2D eigenvalue weighted by Gasteiger charge is 2.14. The molecule has 0 unspecified atom stereocenters. The molecule has 0 amide bonds. The van der Waals surface area contributed by atoms with Crippen LogP contribution in [0.4, 0.5) is 10.2 Å². The van der Waals surface area contributed by atoms with Crippen molar-refractivity contribution in [1.29, 1.82) is 0 Å². The fourth-order valence-corrected chi connectivity index (χ4v) is 1.59. The lowest BCUT2D eigenvalue weighted by molar-refractivity contribution is 0.0692. The quantitative estimate of drug-likeness (QED) is 0.793. The van der Waals surface area contributed by atoms with Gasteiger partial charge in [-0.3, -0.25) is 0 Å². The molecule has 104 valence electrons. The molecule has 0 saturated heterocycles. The number of benzene rings is 1. The molecule has 0 bridgehead atoms. The first-order valence-electron chi connectivity index (χ1n) is 5.98. The van der Waals surface area contributed by atoms with Crippen molar-refractivity contribution in [2.45, 2.75) is 0 Å². The van der Waals surface area contributed by atoms with Crippen LogP contribution in [-0.4, -0.2) is 29.2 Å². The smallest absolute Gasteiger partial charge is 0.338 e. The van der Waals surface area contributed by atoms with Crippen molar-refractivity contribution >= 4 is 11.8 Å². The molecule has 0 saturated carbocycles. The van der Waals surface area contributed by atoms with Gasteiger partial charge in [-0.25, -0.2) is 14.2 Å². The molecule has 2 aromatic rings. The monoisotopic (exact) mass is 276 g/mol. The number of anilines is 1. The zero-order valence-electron chi connectivity index (χ0n) is 10.5. The van der Waals surface area contributed by atoms with E-state index in [1.54, 1.807) is 0 Å². The lowest BCUT2D eigenvalue weighted by Gasteiger charge is -2.09. The van der Waals surface area contributed by atoms with Crippen LogP contribution >= 0.6 is 0 Å². The second kappa shape index (κ2) is 6.51. The van der Waals surface area contributed by atoms with E-state index >= 15 is 0 Å². The summed E-state index contributed by atoms with van der Waals surface area (Å²) < 4.78 is 19.1. The highest BCUT2D eigenvalue weighted by molar-refractivity contribution is 5.88. The summed E-state index contributed by atoms with van der Waals surface area (Å²) in [4.78, 5) is 14.5. The third-order valence-electron chi connectivity index (χ3n) is 2.53. The summed E-state index contributed by atoms with van der Waals surface area (Å²) in [6, 6.07) is 10.3. The van der Waals surface area contributed by atoms with Gasteiger partial charge in [-0.15, -0.1) is 0 Å². The average molecular weight is 276 g/mol. The maximum absolute atomic E-state index is 13.7. The lowest BCUT2D eigenvalue weighted by Crippen LogP contribution is -2.14. The van der Waals surface area contributed by atoms with Crippen LogP contribution in [0.5, 0.6) is 5.75 Å². The van der Waals surface area contributed by atoms with E-state index in [-0.39, 0.29) is 5.82 Å². The Labute approximate surface area is 115 Å². The van der Waals surface area contributed by atoms with Gasteiger partial charge in [0.25, 0.3) is 0 Å². The number of carboxylic acids is 1. The normalized spacial score (nSPS) is 10.1. The number of nitrogens with zero attached hydrogens (tertiary/aromatic N) is 1. The molecule has 0 fully saturated rings. The second-order valence-corrected chi connectivity index (χ2v) is 3.91. The number of halogens is 1. The fraction of sp³-hybridized carbons (Fsp3) is 0.143. The Bertz CT molecular complexity index is 590. The number of carboxylic acid groups (broad SMARTS) is 1. The van der Waals surface area contributed by atoms with Gasteiger partial charge < -0.3 is 15.2 Å². The standard InChI is InChI=1S/C14H13FN2O3/c15-12-11(14(18)19)6-7-16-13(12)17-8-9-20-10-4-2-1-3-5-10/h1-7H,8-9H2,(H,16,17)(H,18,19). The van der Waals surface area contributed by atoms with Crippen LogP contribution in [0.3, 0.4) is 0 Å². The molecule has 5 nitrogen and oxygen atoms in total. The molecular weight excluding hydrogens is 263 g/mol. The minimum absolute atomic E-state index is 0.0958. The van der Waals surface area contributed by atoms with E-state index in [0.29, 0.717) is 18.9 Å². The van der Waals surface area contributed by atoms with Crippen molar-refractivity contribution in [1.82, 2.24) is 4.98 Å². The van der Waals surface area contributed by atoms with Gasteiger partial charge in [0.15, 0.2) is 11.6 Å². The number of para-hydroxylation sites is 1. The molecular formula is C14H13FN2O3. The lowest BCUT2D eigenvalue weighted by atomic mass is 10.2. The summed E-state index contributed by atoms with van der Waals surface area (Å²) in [5.41, 5.74) is -0.411. The number of pyridine rings is 1. The van der Waals surface area contributed by atoms with E-state index in [0.717, 1.165) is 6.07 Å². The summed E-state index contributed by atoms with van der Waals surface area (Å²) in [6.45, 7) is 0.615. The third kappa shape index (κ3) is 3.44. The van der Waals surface area contributed by atoms with Gasteiger partial charge in [0.1, 0.15) is 17.9 Å². The summed E-state index contributed by atoms with van der Waals surface area (Å²) in [5.74, 6) is -1.59. The topological polar surface area (TPSA) is 71.5 Å². The number of nitrogens with one attached hydrogen (secondary N) is 1. The van der Waals surface area contributed by atoms with Gasteiger partial charge >= 0.3 is 5.97 Å². The molecule has 0 radical (unpaired) electrons. The number of aromatic carboxylic acids is 1. The maximum atomic E-state index is 13.7. The van der Waals surface area contributed by atoms with Crippen LogP contribution < -0.4 is 10.1 Å². The summed E-state index contributed by atoms with van der Waals surface area (Å²) in [7, 11) is 0. The molecule has 2 N–H and O–H groups in total. The van der Waals surface area contributed by atoms with Gasteiger partial charge in [-0.2, -0.15) is 0 Å². The highest BCUT2D eigenvalue weighted by atomic mass is 19.1. The summed E-state index contributed by atoms with van der Waals surface area (Å²) in [6.07, 6.45) is 1.24. The van der Waals surface area contributed by atoms with Gasteiger partial charge in [0, 0.05) is 6.20 Å². The zero-order chi connectivity index (χ0) is 14.4. The number of hydrogen-bond acceptors (Lipinski definition) is 4. The van der Waals surface area contributed by atoms with E-state index < -0.39 is 17.3 Å². The van der Waals surface area contributed by atoms with E-state index in [1.807, 2.05) is 30.3 Å². The molecule has 1 aromatic heterocycles. The van der Waals surface area contributed by atoms with E-state index in [9.17, 15) is 9.18 Å². The first-order valence-corrected chi connectivity index (χ1v) is 5.98. The first-order chi connectivity index (χ1) is 9.68. The van der Waals surface area contributed by atoms with Crippen molar-refractivity contribution in [3.63, 3.8) is 0 Å². The van der Waals surface area contributed by atoms with Crippen LogP contribution in [0.2, 0.25) is 0 Å². The van der Waals surface area contributed by atoms with Gasteiger partial charge in [0.2, 0.25) is 0 Å². The highest BCUT2D eigenvalue weighted by Crippen LogP contribution is 2.14. The van der Waals surface area contributed by atoms with Crippen LogP contribution in [-0.2, 0) is 0 Å². The van der Waals surface area contributed by atoms with E-state index in [2.05, 4.69) is 10.3 Å². The molecule has 2 rings (SSSR count). The van der Waals surface area contributed by atoms with Crippen molar-refractivity contribution in [3.8, 4) is 5.75 Å². The summed E-state index contributed by atoms with van der Waals surface area (Å²) in [5, 5.41) is 11.5. The zero-order valence-corrected chi connectivity index (χ0v) is 10.5. The fourth-order valence-electron chi connectivity index (χ4n) is 1.59. The maximum Gasteiger partial charge on any atom is 0.338 e. The number of rotatable bonds is 6. The molecule has 0 atom stereocenters. The van der Waals surface area contributed by atoms with Crippen LogP contribution in [0.15, 0.2) is 42.6 Å². The van der Waals surface area contributed by atoms with Crippen LogP contribution in [0, 0.1) is 5.82 Å². The van der Waals surface area contributed by atoms with Crippen molar-refractivity contribution in [2.24, 2.45) is 0 Å². The molecule has 20 heavy (non-hydrogen) atoms. The van der Waals surface area contributed by atoms with Crippen molar-refractivity contribution < 1.29 is 19.0 Å². The number of aromatic nitrogens is 1. The number of carbonyl (C=O) groups is 1. The average Bonchev–Trinajstić information content (AvgIpc) is 2.46. The minimum Gasteiger partial charge on any atom is -0.492 e. The van der Waals surface area contributed by atoms with E-state index in [1.165, 1.54) is 6.20 Å². The third-order valence-corrected chi connectivity index (χ3v) is 2.53. The molecule has 6 heteroatoms. The van der Waals surface area contributed by atoms with Gasteiger partial charge in [-0.05, 0) is 18.2 Å². The summed E-state index contributed by atoms with van der Waals surface area (Å²) >= 11 is 0. The Kier molecular flexibility index (Phi) is 4.49. The van der Waals surface area contributed by atoms with Crippen molar-refractivity contribution in [3.05, 3.63) is 54.0 Å². The predicted octanol–water partition coefficient (Wildman–Crippen LogP) is 2.41. The number of hydrogen-bond donors (Lipinski definition) is 2. The van der Waals surface area contributed by atoms with Gasteiger partial charge in [-0.1, -0.05) is 18.2 Å². The molecule has 0 spiro atoms. The van der Waals surface area contributed by atoms with Crippen molar-refractivity contribution in [2.75, 3.05) is 18.5 Å². The second-order valence-electron chi connectivity index (χ2n) is 3.91. The molecule has 0 aliphatic rings. The molecule has 0 aliphatic heterocycles.